The zero-order chi connectivity index (χ0) is 30.6. The molecule has 2 N–H and O–H groups in total. The molecule has 0 atom stereocenters. The summed E-state index contributed by atoms with van der Waals surface area (Å²) in [4.78, 5) is 60.1. The average molecular weight is 561 g/mol. The second-order valence-corrected chi connectivity index (χ2v) is 13.8. The van der Waals surface area contributed by atoms with E-state index in [2.05, 4.69) is 0 Å². The first-order chi connectivity index (χ1) is 18.1. The van der Waals surface area contributed by atoms with Crippen molar-refractivity contribution in [2.24, 2.45) is 0 Å². The molecule has 0 bridgehead atoms. The Hall–Kier alpha value is -2.98. The van der Waals surface area contributed by atoms with Gasteiger partial charge in [0, 0.05) is 13.8 Å². The number of carboxylic acids is 2. The van der Waals surface area contributed by atoms with E-state index in [1.54, 1.807) is 16.2 Å². The van der Waals surface area contributed by atoms with Crippen molar-refractivity contribution in [3.05, 3.63) is 34.4 Å². The van der Waals surface area contributed by atoms with E-state index in [4.69, 9.17) is 9.68 Å². The van der Waals surface area contributed by atoms with Crippen LogP contribution >= 0.6 is 0 Å². The Morgan fingerprint density at radius 2 is 1.05 bits per heavy atom. The van der Waals surface area contributed by atoms with Gasteiger partial charge in [0.1, 0.15) is 0 Å². The lowest BCUT2D eigenvalue weighted by atomic mass is 9.66. The molecular formula is C30H44N2O8. The fourth-order valence-corrected chi connectivity index (χ4v) is 7.54. The number of hydrogen-bond donors (Lipinski definition) is 2. The average Bonchev–Trinajstić information content (AvgIpc) is 2.76. The quantitative estimate of drug-likeness (QED) is 0.458. The van der Waals surface area contributed by atoms with E-state index >= 15 is 0 Å². The molecule has 222 valence electrons. The SMILES string of the molecule is CC(=O)ON1C(C)(C)CC(c2ccc(C(=O)O)c(C(=O)O)c2C2CC(C)(C)N(OC(C)=O)C(C)(C)C2)CC1(C)C. The Morgan fingerprint density at radius 3 is 1.38 bits per heavy atom. The van der Waals surface area contributed by atoms with Crippen LogP contribution < -0.4 is 0 Å². The van der Waals surface area contributed by atoms with Crippen LogP contribution in [0.4, 0.5) is 0 Å². The number of piperidine rings is 2. The van der Waals surface area contributed by atoms with Gasteiger partial charge in [0.05, 0.1) is 33.3 Å². The summed E-state index contributed by atoms with van der Waals surface area (Å²) in [5.74, 6) is -3.90. The lowest BCUT2D eigenvalue weighted by Gasteiger charge is -2.54. The normalized spacial score (nSPS) is 22.9. The van der Waals surface area contributed by atoms with E-state index in [9.17, 15) is 29.4 Å². The molecular weight excluding hydrogens is 516 g/mol. The van der Waals surface area contributed by atoms with Gasteiger partial charge in [-0.15, -0.1) is 10.1 Å². The number of rotatable bonds is 6. The van der Waals surface area contributed by atoms with Gasteiger partial charge in [0.25, 0.3) is 0 Å². The number of hydroxylamine groups is 4. The van der Waals surface area contributed by atoms with Gasteiger partial charge in [0.15, 0.2) is 0 Å². The van der Waals surface area contributed by atoms with E-state index in [1.807, 2.05) is 55.4 Å². The smallest absolute Gasteiger partial charge is 0.336 e. The Balaban J connectivity index is 2.24. The van der Waals surface area contributed by atoms with E-state index in [1.165, 1.54) is 19.9 Å². The lowest BCUT2D eigenvalue weighted by molar-refractivity contribution is -0.267. The highest BCUT2D eigenvalue weighted by Gasteiger charge is 2.52. The van der Waals surface area contributed by atoms with Gasteiger partial charge in [-0.2, -0.15) is 0 Å². The third kappa shape index (κ3) is 6.02. The van der Waals surface area contributed by atoms with Crippen molar-refractivity contribution in [3.8, 4) is 0 Å². The molecule has 10 nitrogen and oxygen atoms in total. The van der Waals surface area contributed by atoms with E-state index in [0.717, 1.165) is 5.56 Å². The van der Waals surface area contributed by atoms with Crippen LogP contribution in [0.15, 0.2) is 12.1 Å². The maximum atomic E-state index is 12.8. The second kappa shape index (κ2) is 10.4. The first-order valence-corrected chi connectivity index (χ1v) is 13.7. The summed E-state index contributed by atoms with van der Waals surface area (Å²) >= 11 is 0. The molecule has 2 fully saturated rings. The van der Waals surface area contributed by atoms with Crippen molar-refractivity contribution in [2.45, 2.75) is 129 Å². The molecule has 0 spiro atoms. The van der Waals surface area contributed by atoms with Crippen molar-refractivity contribution in [3.63, 3.8) is 0 Å². The maximum Gasteiger partial charge on any atom is 0.336 e. The molecule has 2 heterocycles. The van der Waals surface area contributed by atoms with Crippen molar-refractivity contribution in [2.75, 3.05) is 0 Å². The zero-order valence-electron chi connectivity index (χ0n) is 25.4. The van der Waals surface area contributed by atoms with Gasteiger partial charge in [-0.3, -0.25) is 9.59 Å². The number of carbonyl (C=O) groups is 4. The summed E-state index contributed by atoms with van der Waals surface area (Å²) in [6.07, 6.45) is 2.00. The molecule has 10 heteroatoms. The Morgan fingerprint density at radius 1 is 0.675 bits per heavy atom. The first kappa shape index (κ1) is 31.5. The molecule has 0 radical (unpaired) electrons. The summed E-state index contributed by atoms with van der Waals surface area (Å²) in [6.45, 7) is 18.4. The maximum absolute atomic E-state index is 12.8. The molecule has 0 unspecified atom stereocenters. The summed E-state index contributed by atoms with van der Waals surface area (Å²) in [6, 6.07) is 3.16. The minimum Gasteiger partial charge on any atom is -0.478 e. The van der Waals surface area contributed by atoms with E-state index < -0.39 is 46.0 Å². The summed E-state index contributed by atoms with van der Waals surface area (Å²) in [7, 11) is 0. The van der Waals surface area contributed by atoms with E-state index in [0.29, 0.717) is 31.2 Å². The first-order valence-electron chi connectivity index (χ1n) is 13.7. The third-order valence-corrected chi connectivity index (χ3v) is 8.19. The fraction of sp³-hybridized carbons (Fsp3) is 0.667. The number of carboxylic acid groups (broad SMARTS) is 2. The Labute approximate surface area is 236 Å². The topological polar surface area (TPSA) is 134 Å². The summed E-state index contributed by atoms with van der Waals surface area (Å²) < 4.78 is 0. The van der Waals surface area contributed by atoms with Gasteiger partial charge < -0.3 is 19.9 Å². The highest BCUT2D eigenvalue weighted by Crippen LogP contribution is 2.52. The van der Waals surface area contributed by atoms with Crippen molar-refractivity contribution < 1.29 is 39.1 Å². The van der Waals surface area contributed by atoms with Crippen LogP contribution in [0.2, 0.25) is 0 Å². The summed E-state index contributed by atoms with van der Waals surface area (Å²) in [5.41, 5.74) is -1.62. The van der Waals surface area contributed by atoms with Crippen molar-refractivity contribution >= 4 is 23.9 Å². The number of carbonyl (C=O) groups excluding carboxylic acids is 2. The molecule has 0 aromatic heterocycles. The number of nitrogens with zero attached hydrogens (tertiary/aromatic N) is 2. The third-order valence-electron chi connectivity index (χ3n) is 8.19. The van der Waals surface area contributed by atoms with Crippen LogP contribution in [0.25, 0.3) is 0 Å². The zero-order valence-corrected chi connectivity index (χ0v) is 25.4. The number of benzene rings is 1. The minimum atomic E-state index is -1.30. The Bertz CT molecular complexity index is 1180. The highest BCUT2D eigenvalue weighted by atomic mass is 16.7. The number of hydrogen-bond acceptors (Lipinski definition) is 8. The molecule has 3 rings (SSSR count). The van der Waals surface area contributed by atoms with Crippen LogP contribution in [0.1, 0.15) is 139 Å². The van der Waals surface area contributed by atoms with E-state index in [-0.39, 0.29) is 23.0 Å². The molecule has 0 saturated carbocycles. The van der Waals surface area contributed by atoms with Crippen LogP contribution in [0, 0.1) is 0 Å². The monoisotopic (exact) mass is 560 g/mol. The molecule has 2 aliphatic rings. The van der Waals surface area contributed by atoms with Gasteiger partial charge in [-0.05, 0) is 110 Å². The lowest BCUT2D eigenvalue weighted by Crippen LogP contribution is -2.61. The number of aromatic carboxylic acids is 2. The highest BCUT2D eigenvalue weighted by molar-refractivity contribution is 6.03. The minimum absolute atomic E-state index is 0.134. The predicted octanol–water partition coefficient (Wildman–Crippen LogP) is 5.51. The molecule has 0 amide bonds. The van der Waals surface area contributed by atoms with Crippen LogP contribution in [0.3, 0.4) is 0 Å². The fourth-order valence-electron chi connectivity index (χ4n) is 7.54. The largest absolute Gasteiger partial charge is 0.478 e. The van der Waals surface area contributed by atoms with Crippen LogP contribution in [-0.4, -0.2) is 66.4 Å². The molecule has 2 aliphatic heterocycles. The van der Waals surface area contributed by atoms with Crippen molar-refractivity contribution in [1.29, 1.82) is 0 Å². The van der Waals surface area contributed by atoms with Gasteiger partial charge >= 0.3 is 23.9 Å². The molecule has 0 aliphatic carbocycles. The van der Waals surface area contributed by atoms with Crippen LogP contribution in [0.5, 0.6) is 0 Å². The van der Waals surface area contributed by atoms with Gasteiger partial charge in [-0.1, -0.05) is 6.07 Å². The standard InChI is InChI=1S/C30H44N2O8/c1-17(33)39-31-27(3,4)13-19(14-28(31,5)6)21-11-12-22(25(35)36)24(26(37)38)23(21)20-15-29(7,8)32(40-18(2)34)30(9,10)16-20/h11-12,19-20H,13-16H2,1-10H3,(H,35,36)(H,37,38). The van der Waals surface area contributed by atoms with Gasteiger partial charge in [-0.25, -0.2) is 9.59 Å². The molecule has 1 aromatic carbocycles. The molecule has 40 heavy (non-hydrogen) atoms. The molecule has 1 aromatic rings. The van der Waals surface area contributed by atoms with Crippen molar-refractivity contribution in [1.82, 2.24) is 10.1 Å². The molecule has 2 saturated heterocycles. The summed E-state index contributed by atoms with van der Waals surface area (Å²) in [5, 5.41) is 23.8. The predicted molar refractivity (Wildman–Crippen MR) is 148 cm³/mol. The van der Waals surface area contributed by atoms with Crippen LogP contribution in [-0.2, 0) is 19.3 Å². The second-order valence-electron chi connectivity index (χ2n) is 13.8. The van der Waals surface area contributed by atoms with Gasteiger partial charge in [0.2, 0.25) is 0 Å². The Kier molecular flexibility index (Phi) is 8.24.